The average molecular weight is 235 g/mol. The van der Waals surface area contributed by atoms with E-state index in [9.17, 15) is 4.79 Å². The standard InChI is InChI=1S/C11H13N3OS/c15-9-1-3-14-11(6-9)12-10(13-14)5-8-2-4-16-7-8/h1,3,6,8H,2,4-5,7H2,(H,12,13). The molecule has 3 heterocycles. The van der Waals surface area contributed by atoms with E-state index in [1.165, 1.54) is 17.9 Å². The maximum atomic E-state index is 11.2. The maximum Gasteiger partial charge on any atom is 0.183 e. The molecule has 1 aliphatic rings. The van der Waals surface area contributed by atoms with Gasteiger partial charge >= 0.3 is 0 Å². The number of nitrogens with zero attached hydrogens (tertiary/aromatic N) is 2. The molecule has 2 aromatic rings. The summed E-state index contributed by atoms with van der Waals surface area (Å²) in [6, 6.07) is 3.10. The first-order valence-corrected chi connectivity index (χ1v) is 6.62. The topological polar surface area (TPSA) is 50.2 Å². The molecule has 1 fully saturated rings. The van der Waals surface area contributed by atoms with Crippen molar-refractivity contribution in [3.8, 4) is 0 Å². The van der Waals surface area contributed by atoms with Crippen LogP contribution in [0.5, 0.6) is 0 Å². The highest BCUT2D eigenvalue weighted by Gasteiger charge is 2.17. The Morgan fingerprint density at radius 1 is 1.62 bits per heavy atom. The lowest BCUT2D eigenvalue weighted by atomic mass is 10.1. The second-order valence-corrected chi connectivity index (χ2v) is 5.34. The predicted molar refractivity (Wildman–Crippen MR) is 64.9 cm³/mol. The summed E-state index contributed by atoms with van der Waals surface area (Å²) in [7, 11) is 0. The quantitative estimate of drug-likeness (QED) is 0.854. The van der Waals surface area contributed by atoms with E-state index in [1.807, 2.05) is 11.8 Å². The van der Waals surface area contributed by atoms with Crippen molar-refractivity contribution < 1.29 is 0 Å². The number of hydrogen-bond donors (Lipinski definition) is 1. The minimum absolute atomic E-state index is 0.00877. The Bertz CT molecular complexity index is 554. The Balaban J connectivity index is 1.89. The van der Waals surface area contributed by atoms with E-state index in [2.05, 4.69) is 10.1 Å². The van der Waals surface area contributed by atoms with Gasteiger partial charge in [0.25, 0.3) is 0 Å². The summed E-state index contributed by atoms with van der Waals surface area (Å²) < 4.78 is 1.80. The van der Waals surface area contributed by atoms with Crippen molar-refractivity contribution in [3.63, 3.8) is 0 Å². The molecular weight excluding hydrogens is 222 g/mol. The molecule has 1 aliphatic heterocycles. The fourth-order valence-corrected chi connectivity index (χ4v) is 3.35. The molecule has 16 heavy (non-hydrogen) atoms. The summed E-state index contributed by atoms with van der Waals surface area (Å²) in [6.07, 6.45) is 4.00. The van der Waals surface area contributed by atoms with Crippen molar-refractivity contribution in [1.82, 2.24) is 14.6 Å². The third kappa shape index (κ3) is 1.87. The van der Waals surface area contributed by atoms with Gasteiger partial charge < -0.3 is 0 Å². The van der Waals surface area contributed by atoms with Crippen LogP contribution in [0.3, 0.4) is 0 Å². The number of pyridine rings is 1. The molecule has 5 heteroatoms. The summed E-state index contributed by atoms with van der Waals surface area (Å²) in [5.74, 6) is 4.22. The Hall–Kier alpha value is -1.23. The van der Waals surface area contributed by atoms with Gasteiger partial charge in [0.1, 0.15) is 5.82 Å². The molecule has 0 saturated carbocycles. The normalized spacial score (nSPS) is 20.6. The van der Waals surface area contributed by atoms with Gasteiger partial charge in [-0.1, -0.05) is 0 Å². The Morgan fingerprint density at radius 3 is 3.38 bits per heavy atom. The zero-order chi connectivity index (χ0) is 11.0. The third-order valence-corrected chi connectivity index (χ3v) is 4.14. The molecule has 1 unspecified atom stereocenters. The first kappa shape index (κ1) is 9.96. The van der Waals surface area contributed by atoms with E-state index in [0.717, 1.165) is 18.2 Å². The number of nitrogens with one attached hydrogen (secondary N) is 1. The van der Waals surface area contributed by atoms with E-state index in [4.69, 9.17) is 0 Å². The fraction of sp³-hybridized carbons (Fsp3) is 0.455. The molecule has 3 rings (SSSR count). The summed E-state index contributed by atoms with van der Waals surface area (Å²) in [6.45, 7) is 0. The molecule has 84 valence electrons. The molecule has 1 atom stereocenters. The van der Waals surface area contributed by atoms with E-state index in [1.54, 1.807) is 22.8 Å². The number of fused-ring (bicyclic) bond motifs is 1. The largest absolute Gasteiger partial charge is 0.290 e. The summed E-state index contributed by atoms with van der Waals surface area (Å²) in [5, 5.41) is 3.21. The van der Waals surface area contributed by atoms with Crippen LogP contribution in [-0.2, 0) is 6.42 Å². The van der Waals surface area contributed by atoms with Crippen molar-refractivity contribution in [2.45, 2.75) is 12.8 Å². The molecule has 1 N–H and O–H groups in total. The highest BCUT2D eigenvalue weighted by Crippen LogP contribution is 2.25. The first-order chi connectivity index (χ1) is 7.81. The van der Waals surface area contributed by atoms with Gasteiger partial charge in [-0.3, -0.25) is 9.89 Å². The van der Waals surface area contributed by atoms with Crippen LogP contribution in [0.1, 0.15) is 12.2 Å². The molecule has 4 nitrogen and oxygen atoms in total. The maximum absolute atomic E-state index is 11.2. The van der Waals surface area contributed by atoms with Crippen LogP contribution in [0.25, 0.3) is 5.65 Å². The number of thioether (sulfide) groups is 1. The van der Waals surface area contributed by atoms with Crippen molar-refractivity contribution in [2.75, 3.05) is 11.5 Å². The molecule has 2 aromatic heterocycles. The van der Waals surface area contributed by atoms with Crippen molar-refractivity contribution in [2.24, 2.45) is 5.92 Å². The lowest BCUT2D eigenvalue weighted by Gasteiger charge is -2.03. The van der Waals surface area contributed by atoms with Gasteiger partial charge in [-0.05, 0) is 23.8 Å². The van der Waals surface area contributed by atoms with Gasteiger partial charge in [-0.15, -0.1) is 0 Å². The predicted octanol–water partition coefficient (Wildman–Crippen LogP) is 1.32. The van der Waals surface area contributed by atoms with Crippen molar-refractivity contribution in [3.05, 3.63) is 34.4 Å². The first-order valence-electron chi connectivity index (χ1n) is 5.46. The number of aromatic nitrogens is 3. The van der Waals surface area contributed by atoms with E-state index < -0.39 is 0 Å². The average Bonchev–Trinajstić information content (AvgIpc) is 2.86. The number of aromatic amines is 1. The SMILES string of the molecule is O=c1ccn2[nH]c(CC3CCSC3)nc2c1. The van der Waals surface area contributed by atoms with Crippen molar-refractivity contribution in [1.29, 1.82) is 0 Å². The van der Waals surface area contributed by atoms with Crippen LogP contribution in [0, 0.1) is 5.92 Å². The van der Waals surface area contributed by atoms with Gasteiger partial charge in [-0.2, -0.15) is 11.8 Å². The molecule has 0 amide bonds. The highest BCUT2D eigenvalue weighted by atomic mass is 32.2. The zero-order valence-electron chi connectivity index (χ0n) is 8.85. The van der Waals surface area contributed by atoms with Crippen LogP contribution in [0.4, 0.5) is 0 Å². The van der Waals surface area contributed by atoms with Crippen LogP contribution in [0.15, 0.2) is 23.1 Å². The summed E-state index contributed by atoms with van der Waals surface area (Å²) >= 11 is 2.01. The highest BCUT2D eigenvalue weighted by molar-refractivity contribution is 7.99. The molecule has 0 spiro atoms. The Labute approximate surface area is 97.1 Å². The minimum Gasteiger partial charge on any atom is -0.290 e. The second kappa shape index (κ2) is 3.97. The Kier molecular flexibility index (Phi) is 2.47. The van der Waals surface area contributed by atoms with Gasteiger partial charge in [-0.25, -0.2) is 9.50 Å². The Morgan fingerprint density at radius 2 is 2.56 bits per heavy atom. The van der Waals surface area contributed by atoms with Crippen LogP contribution in [0.2, 0.25) is 0 Å². The van der Waals surface area contributed by atoms with Crippen LogP contribution >= 0.6 is 11.8 Å². The lowest BCUT2D eigenvalue weighted by Crippen LogP contribution is -2.04. The number of H-pyrrole nitrogens is 1. The fourth-order valence-electron chi connectivity index (χ4n) is 2.06. The van der Waals surface area contributed by atoms with Gasteiger partial charge in [0.15, 0.2) is 11.1 Å². The third-order valence-electron chi connectivity index (χ3n) is 2.91. The molecule has 0 radical (unpaired) electrons. The molecule has 0 aromatic carbocycles. The van der Waals surface area contributed by atoms with E-state index in [-0.39, 0.29) is 5.43 Å². The van der Waals surface area contributed by atoms with Gasteiger partial charge in [0.2, 0.25) is 0 Å². The van der Waals surface area contributed by atoms with Crippen molar-refractivity contribution >= 4 is 17.4 Å². The lowest BCUT2D eigenvalue weighted by molar-refractivity contribution is 0.575. The second-order valence-electron chi connectivity index (χ2n) is 4.19. The summed E-state index contributed by atoms with van der Waals surface area (Å²) in [5.41, 5.74) is 0.725. The molecular formula is C11H13N3OS. The van der Waals surface area contributed by atoms with Gasteiger partial charge in [0.05, 0.1) is 0 Å². The summed E-state index contributed by atoms with van der Waals surface area (Å²) in [4.78, 5) is 15.6. The zero-order valence-corrected chi connectivity index (χ0v) is 9.67. The minimum atomic E-state index is 0.00877. The number of rotatable bonds is 2. The molecule has 0 aliphatic carbocycles. The molecule has 0 bridgehead atoms. The smallest absolute Gasteiger partial charge is 0.183 e. The van der Waals surface area contributed by atoms with E-state index >= 15 is 0 Å². The molecule has 1 saturated heterocycles. The van der Waals surface area contributed by atoms with E-state index in [0.29, 0.717) is 5.65 Å². The van der Waals surface area contributed by atoms with Gasteiger partial charge in [0, 0.05) is 24.8 Å². The monoisotopic (exact) mass is 235 g/mol. The number of hydrogen-bond acceptors (Lipinski definition) is 3. The van der Waals surface area contributed by atoms with Crippen LogP contribution in [-0.4, -0.2) is 26.1 Å². The van der Waals surface area contributed by atoms with Crippen LogP contribution < -0.4 is 5.43 Å².